The first-order chi connectivity index (χ1) is 25.0. The van der Waals surface area contributed by atoms with Crippen LogP contribution in [0.2, 0.25) is 0 Å². The van der Waals surface area contributed by atoms with Gasteiger partial charge < -0.3 is 0 Å². The average Bonchev–Trinajstić information content (AvgIpc) is 3.53. The van der Waals surface area contributed by atoms with Crippen LogP contribution in [0, 0.1) is 57.0 Å². The van der Waals surface area contributed by atoms with Crippen LogP contribution in [0.15, 0.2) is 108 Å². The van der Waals surface area contributed by atoms with Crippen molar-refractivity contribution >= 4 is 22.3 Å². The number of allylic oxidation sites excluding steroid dienone is 9. The molecule has 0 aromatic heterocycles. The molecule has 0 fully saturated rings. The summed E-state index contributed by atoms with van der Waals surface area (Å²) in [5.74, 6) is -2.97. The Morgan fingerprint density at radius 3 is 1.40 bits per heavy atom. The molecule has 6 rings (SSSR count). The lowest BCUT2D eigenvalue weighted by Gasteiger charge is -2.12. The molecule has 258 valence electrons. The van der Waals surface area contributed by atoms with Crippen molar-refractivity contribution < 1.29 is 35.1 Å². The number of fused-ring (bicyclic) bond motifs is 2. The fourth-order valence-electron chi connectivity index (χ4n) is 6.56. The first-order valence-corrected chi connectivity index (χ1v) is 15.3. The van der Waals surface area contributed by atoms with E-state index in [0.29, 0.717) is 56.7 Å². The quantitative estimate of drug-likeness (QED) is 0.156. The molecular weight excluding hydrogens is 700 g/mol. The molecule has 0 saturated heterocycles. The van der Waals surface area contributed by atoms with Crippen LogP contribution in [0.3, 0.4) is 0 Å². The zero-order chi connectivity index (χ0) is 38.6. The summed E-state index contributed by atoms with van der Waals surface area (Å²) in [6.07, 6.45) is -8.15. The minimum Gasteiger partial charge on any atom is -0.206 e. The van der Waals surface area contributed by atoms with Crippen molar-refractivity contribution in [3.05, 3.63) is 153 Å². The van der Waals surface area contributed by atoms with Gasteiger partial charge in [-0.25, -0.2) is 8.78 Å². The van der Waals surface area contributed by atoms with Gasteiger partial charge >= 0.3 is 12.4 Å². The van der Waals surface area contributed by atoms with Gasteiger partial charge in [0, 0.05) is 11.1 Å². The first kappa shape index (κ1) is 35.8. The maximum absolute atomic E-state index is 14.5. The summed E-state index contributed by atoms with van der Waals surface area (Å²) >= 11 is 0. The Labute approximate surface area is 296 Å². The summed E-state index contributed by atoms with van der Waals surface area (Å²) < 4.78 is 108. The molecule has 0 aliphatic heterocycles. The molecule has 4 nitrogen and oxygen atoms in total. The minimum atomic E-state index is -4.91. The maximum atomic E-state index is 14.5. The van der Waals surface area contributed by atoms with Crippen LogP contribution in [0.25, 0.3) is 44.5 Å². The average molecular weight is 719 g/mol. The summed E-state index contributed by atoms with van der Waals surface area (Å²) in [5.41, 5.74) is 0.861. The molecule has 0 amide bonds. The van der Waals surface area contributed by atoms with Gasteiger partial charge in [-0.3, -0.25) is 0 Å². The predicted molar refractivity (Wildman–Crippen MR) is 180 cm³/mol. The largest absolute Gasteiger partial charge is 0.419 e. The number of hydrogen-bond acceptors (Lipinski definition) is 4. The molecule has 0 spiro atoms. The van der Waals surface area contributed by atoms with Gasteiger partial charge in [0.2, 0.25) is 0 Å². The van der Waals surface area contributed by atoms with E-state index < -0.39 is 35.1 Å². The highest BCUT2D eigenvalue weighted by Gasteiger charge is 2.36. The predicted octanol–water partition coefficient (Wildman–Crippen LogP) is 11.4. The van der Waals surface area contributed by atoms with Gasteiger partial charge in [0.05, 0.1) is 11.1 Å². The minimum absolute atomic E-state index is 0.0958. The Kier molecular flexibility index (Phi) is 8.74. The van der Waals surface area contributed by atoms with Gasteiger partial charge in [0.15, 0.2) is 0 Å². The Hall–Kier alpha value is -7.02. The summed E-state index contributed by atoms with van der Waals surface area (Å²) in [7, 11) is 0. The van der Waals surface area contributed by atoms with E-state index in [1.165, 1.54) is 24.3 Å². The highest BCUT2D eigenvalue weighted by molar-refractivity contribution is 6.15. The normalized spacial score (nSPS) is 14.4. The first-order valence-electron chi connectivity index (χ1n) is 15.3. The van der Waals surface area contributed by atoms with Crippen molar-refractivity contribution in [1.29, 1.82) is 21.0 Å². The second-order valence-electron chi connectivity index (χ2n) is 11.9. The molecule has 0 N–H and O–H groups in total. The second-order valence-corrected chi connectivity index (χ2v) is 11.9. The fourth-order valence-corrected chi connectivity index (χ4v) is 6.56. The number of rotatable bonds is 3. The van der Waals surface area contributed by atoms with E-state index in [-0.39, 0.29) is 44.6 Å². The molecule has 0 heterocycles. The van der Waals surface area contributed by atoms with Crippen molar-refractivity contribution in [3.63, 3.8) is 0 Å². The van der Waals surface area contributed by atoms with Crippen molar-refractivity contribution in [1.82, 2.24) is 0 Å². The van der Waals surface area contributed by atoms with E-state index in [9.17, 15) is 56.2 Å². The van der Waals surface area contributed by atoms with Crippen LogP contribution in [0.1, 0.15) is 40.3 Å². The molecule has 0 radical (unpaired) electrons. The Balaban J connectivity index is 1.53. The number of nitrogens with zero attached hydrogens (tertiary/aromatic N) is 4. The third kappa shape index (κ3) is 6.07. The van der Waals surface area contributed by atoms with Crippen LogP contribution < -0.4 is 0 Å². The van der Waals surface area contributed by atoms with Crippen LogP contribution in [0.5, 0.6) is 0 Å². The lowest BCUT2D eigenvalue weighted by molar-refractivity contribution is -0.140. The number of alkyl halides is 6. The van der Waals surface area contributed by atoms with E-state index >= 15 is 0 Å². The SMILES string of the molecule is C=C1C(=C(C#N)C#N)c2cc(-c3ccc(C(F)(F)F)c(F)c3)ccc2/C1=C/C1=C(C)C(=C(C#N)C#N)c2cc(-c3ccc(C(F)(F)F)c(F)c3)ccc21. The molecule has 2 aliphatic carbocycles. The smallest absolute Gasteiger partial charge is 0.206 e. The van der Waals surface area contributed by atoms with Gasteiger partial charge in [-0.1, -0.05) is 43.0 Å². The van der Waals surface area contributed by atoms with Crippen molar-refractivity contribution in [3.8, 4) is 46.5 Å². The lowest BCUT2D eigenvalue weighted by Crippen LogP contribution is -2.07. The molecule has 0 saturated carbocycles. The third-order valence-electron chi connectivity index (χ3n) is 9.02. The standard InChI is InChI=1S/C41H18F8N4/c1-20-30(28-7-3-22(11-32(28)38(20)26(16-50)17-51)24-5-9-34(36(42)13-24)40(44,45)46)15-31-21(2)39(27(18-52)19-53)33-12-23(4-8-29(31)33)25-6-10-35(37(43)14-25)41(47,48)49/h3-15H,1H2,2H3/b30-15+. The van der Waals surface area contributed by atoms with E-state index in [4.69, 9.17) is 0 Å². The maximum Gasteiger partial charge on any atom is 0.419 e. The monoisotopic (exact) mass is 718 g/mol. The molecule has 0 bridgehead atoms. The van der Waals surface area contributed by atoms with Crippen LogP contribution in [-0.4, -0.2) is 0 Å². The molecule has 2 aliphatic rings. The van der Waals surface area contributed by atoms with E-state index in [1.807, 2.05) is 24.3 Å². The van der Waals surface area contributed by atoms with Gasteiger partial charge in [-0.15, -0.1) is 0 Å². The summed E-state index contributed by atoms with van der Waals surface area (Å²) in [5, 5.41) is 39.4. The summed E-state index contributed by atoms with van der Waals surface area (Å²) in [6, 6.07) is 21.6. The number of hydrogen-bond donors (Lipinski definition) is 0. The van der Waals surface area contributed by atoms with Crippen molar-refractivity contribution in [2.75, 3.05) is 0 Å². The van der Waals surface area contributed by atoms with Gasteiger partial charge in [-0.2, -0.15) is 47.4 Å². The number of nitriles is 4. The van der Waals surface area contributed by atoms with Crippen molar-refractivity contribution in [2.24, 2.45) is 0 Å². The Morgan fingerprint density at radius 1 is 0.566 bits per heavy atom. The zero-order valence-corrected chi connectivity index (χ0v) is 27.0. The van der Waals surface area contributed by atoms with Crippen LogP contribution >= 0.6 is 0 Å². The van der Waals surface area contributed by atoms with Crippen LogP contribution in [0.4, 0.5) is 35.1 Å². The van der Waals surface area contributed by atoms with E-state index in [2.05, 4.69) is 6.58 Å². The van der Waals surface area contributed by atoms with E-state index in [0.717, 1.165) is 24.3 Å². The molecule has 4 aromatic rings. The molecule has 4 aromatic carbocycles. The van der Waals surface area contributed by atoms with Crippen molar-refractivity contribution in [2.45, 2.75) is 19.3 Å². The van der Waals surface area contributed by atoms with Crippen LogP contribution in [-0.2, 0) is 12.4 Å². The highest BCUT2D eigenvalue weighted by atomic mass is 19.4. The third-order valence-corrected chi connectivity index (χ3v) is 9.02. The zero-order valence-electron chi connectivity index (χ0n) is 27.0. The second kappa shape index (κ2) is 12.9. The fraction of sp³-hybridized carbons (Fsp3) is 0.0732. The molecule has 0 unspecified atom stereocenters. The van der Waals surface area contributed by atoms with Gasteiger partial charge in [-0.05, 0) is 116 Å². The topological polar surface area (TPSA) is 95.2 Å². The molecule has 0 atom stereocenters. The lowest BCUT2D eigenvalue weighted by atomic mass is 9.94. The number of benzene rings is 4. The Morgan fingerprint density at radius 2 is 0.962 bits per heavy atom. The van der Waals surface area contributed by atoms with Gasteiger partial charge in [0.25, 0.3) is 0 Å². The molecule has 53 heavy (non-hydrogen) atoms. The summed E-state index contributed by atoms with van der Waals surface area (Å²) in [4.78, 5) is 0. The van der Waals surface area contributed by atoms with Gasteiger partial charge in [0.1, 0.15) is 47.1 Å². The van der Waals surface area contributed by atoms with E-state index in [1.54, 1.807) is 25.1 Å². The molecule has 12 heteroatoms. The molecular formula is C41H18F8N4. The highest BCUT2D eigenvalue weighted by Crippen LogP contribution is 2.51. The summed E-state index contributed by atoms with van der Waals surface area (Å²) in [6.45, 7) is 5.77. The Bertz CT molecular complexity index is 2590. The number of halogens is 8.